The molecule has 1 saturated heterocycles. The number of rotatable bonds is 21. The number of halogens is 1. The predicted octanol–water partition coefficient (Wildman–Crippen LogP) is 5.09. The topological polar surface area (TPSA) is 201 Å². The Kier molecular flexibility index (Phi) is 27.0. The maximum absolute atomic E-state index is 11.9. The second-order valence-corrected chi connectivity index (χ2v) is 15.5. The van der Waals surface area contributed by atoms with Gasteiger partial charge in [0.05, 0.1) is 10.6 Å². The van der Waals surface area contributed by atoms with Crippen LogP contribution < -0.4 is 32.5 Å². The van der Waals surface area contributed by atoms with Crippen LogP contribution in [-0.4, -0.2) is 106 Å². The number of hydrogen-bond donors (Lipinski definition) is 5. The van der Waals surface area contributed by atoms with Crippen LogP contribution >= 0.6 is 11.6 Å². The van der Waals surface area contributed by atoms with Gasteiger partial charge in [-0.2, -0.15) is 0 Å². The number of carbonyl (C=O) groups is 5. The van der Waals surface area contributed by atoms with Crippen molar-refractivity contribution in [3.63, 3.8) is 0 Å². The summed E-state index contributed by atoms with van der Waals surface area (Å²) in [6.07, 6.45) is 10.4. The molecule has 0 spiro atoms. The number of anilines is 2. The maximum Gasteiger partial charge on any atom is 0.250 e. The third-order valence-electron chi connectivity index (χ3n) is 9.90. The van der Waals surface area contributed by atoms with E-state index in [1.807, 2.05) is 35.4 Å². The van der Waals surface area contributed by atoms with Gasteiger partial charge in [-0.1, -0.05) is 53.8 Å². The van der Waals surface area contributed by atoms with E-state index in [0.29, 0.717) is 61.6 Å². The van der Waals surface area contributed by atoms with Crippen molar-refractivity contribution in [2.24, 2.45) is 5.73 Å². The van der Waals surface area contributed by atoms with E-state index in [-0.39, 0.29) is 45.0 Å². The van der Waals surface area contributed by atoms with Crippen molar-refractivity contribution in [2.45, 2.75) is 63.8 Å². The third-order valence-corrected chi connectivity index (χ3v) is 10.1. The van der Waals surface area contributed by atoms with Gasteiger partial charge in [0, 0.05) is 101 Å². The number of nitrogens with one attached hydrogen (secondary N) is 3. The molecule has 7 N–H and O–H groups in total. The molecule has 2 aliphatic heterocycles. The van der Waals surface area contributed by atoms with Crippen molar-refractivity contribution >= 4 is 53.8 Å². The van der Waals surface area contributed by atoms with E-state index >= 15 is 0 Å². The van der Waals surface area contributed by atoms with Gasteiger partial charge in [0.2, 0.25) is 12.3 Å². The Morgan fingerprint density at radius 3 is 2.29 bits per heavy atom. The zero-order valence-corrected chi connectivity index (χ0v) is 40.3. The number of unbranched alkanes of at least 4 members (excludes halogenated alkanes) is 2. The van der Waals surface area contributed by atoms with Gasteiger partial charge in [0.25, 0.3) is 5.91 Å². The number of hydrazine groups is 1. The average molecular weight is 959 g/mol. The molecule has 0 aliphatic carbocycles. The van der Waals surface area contributed by atoms with E-state index in [1.54, 1.807) is 42.4 Å². The summed E-state index contributed by atoms with van der Waals surface area (Å²) in [6, 6.07) is 20.9. The summed E-state index contributed by atoms with van der Waals surface area (Å²) in [6.45, 7) is 5.86. The molecule has 1 fully saturated rings. The van der Waals surface area contributed by atoms with Crippen molar-refractivity contribution in [3.8, 4) is 11.8 Å². The molecule has 2 heterocycles. The van der Waals surface area contributed by atoms with Crippen molar-refractivity contribution in [3.05, 3.63) is 111 Å². The third kappa shape index (κ3) is 21.5. The number of para-hydroxylation sites is 1. The molecule has 3 aromatic rings. The summed E-state index contributed by atoms with van der Waals surface area (Å²) < 4.78 is 0. The van der Waals surface area contributed by atoms with Gasteiger partial charge < -0.3 is 47.3 Å². The van der Waals surface area contributed by atoms with E-state index in [2.05, 4.69) is 69.6 Å². The molecule has 15 nitrogen and oxygen atoms in total. The predicted molar refractivity (Wildman–Crippen MR) is 247 cm³/mol. The molecule has 0 atom stereocenters. The summed E-state index contributed by atoms with van der Waals surface area (Å²) in [5.41, 5.74) is 23.1. The number of primary amides is 1. The second kappa shape index (κ2) is 31.2. The van der Waals surface area contributed by atoms with Gasteiger partial charge >= 0.3 is 0 Å². The standard InChI is InChI=1S/C23H32N4O4.C16H22ClN4.C7H8N2O.Y/c1-27(26-23(31)9-4-6-15-28)17-22-16-20(10-11-21(22)18-29)8-3-2-5-12-24-13-7-14-25-19-30;1-19-9-7-14(8-10-19)13-3-5-16(6-4-13)20(2)18-21-11-15(17)12-21;8-6-4-2-1-3-5(6)7(9)10;/h10-11,15-16,18-19,24H,2,4-7,9,12-14,17H2,1H3,(H,25,30)(H,26,31);3-6,11,14H,7-10,12H2,1-2H3;1-4H,8H2,(H2,9,10);/q;-1;;. The van der Waals surface area contributed by atoms with Gasteiger partial charge in [-0.05, 0) is 132 Å². The minimum absolute atomic E-state index is 0. The summed E-state index contributed by atoms with van der Waals surface area (Å²) in [7, 11) is 5.89. The van der Waals surface area contributed by atoms with Crippen molar-refractivity contribution in [1.82, 2.24) is 31.0 Å². The van der Waals surface area contributed by atoms with Crippen LogP contribution in [0.5, 0.6) is 0 Å². The molecule has 5 rings (SSSR count). The fraction of sp³-hybridized carbons (Fsp3) is 0.413. The van der Waals surface area contributed by atoms with E-state index in [1.165, 1.54) is 31.5 Å². The van der Waals surface area contributed by atoms with Crippen molar-refractivity contribution in [2.75, 3.05) is 71.2 Å². The molecule has 17 heteroatoms. The molecule has 0 saturated carbocycles. The average Bonchev–Trinajstić information content (AvgIpc) is 3.25. The molecule has 337 valence electrons. The normalized spacial score (nSPS) is 13.2. The second-order valence-electron chi connectivity index (χ2n) is 15.0. The number of benzene rings is 3. The van der Waals surface area contributed by atoms with Crippen LogP contribution in [0, 0.1) is 11.8 Å². The van der Waals surface area contributed by atoms with E-state index < -0.39 is 5.91 Å². The van der Waals surface area contributed by atoms with Gasteiger partial charge in [0.1, 0.15) is 12.6 Å². The van der Waals surface area contributed by atoms with Crippen LogP contribution in [0.1, 0.15) is 94.7 Å². The number of aldehydes is 2. The van der Waals surface area contributed by atoms with Crippen LogP contribution in [0.15, 0.2) is 78.0 Å². The first kappa shape index (κ1) is 54.5. The summed E-state index contributed by atoms with van der Waals surface area (Å²) in [5.74, 6) is 6.32. The van der Waals surface area contributed by atoms with Gasteiger partial charge in [0.15, 0.2) is 0 Å². The first-order valence-corrected chi connectivity index (χ1v) is 21.2. The fourth-order valence-corrected chi connectivity index (χ4v) is 6.64. The Morgan fingerprint density at radius 1 is 0.968 bits per heavy atom. The molecule has 0 unspecified atom stereocenters. The van der Waals surface area contributed by atoms with E-state index in [4.69, 9.17) is 23.1 Å². The van der Waals surface area contributed by atoms with Crippen LogP contribution in [0.25, 0.3) is 5.53 Å². The number of likely N-dealkylation sites (tertiary alicyclic amines) is 1. The van der Waals surface area contributed by atoms with Gasteiger partial charge in [-0.15, -0.1) is 0 Å². The molecule has 2 aliphatic rings. The molecule has 3 amide bonds. The fourth-order valence-electron chi connectivity index (χ4n) is 6.41. The Bertz CT molecular complexity index is 1970. The summed E-state index contributed by atoms with van der Waals surface area (Å²) >= 11 is 5.83. The largest absolute Gasteiger partial charge is 0.475 e. The smallest absolute Gasteiger partial charge is 0.250 e. The van der Waals surface area contributed by atoms with Crippen LogP contribution in [0.3, 0.4) is 0 Å². The van der Waals surface area contributed by atoms with Crippen molar-refractivity contribution in [1.29, 1.82) is 0 Å². The number of nitrogens with two attached hydrogens (primary N) is 2. The zero-order valence-electron chi connectivity index (χ0n) is 36.7. The Labute approximate surface area is 402 Å². The molecule has 0 bridgehead atoms. The van der Waals surface area contributed by atoms with E-state index in [0.717, 1.165) is 66.8 Å². The Morgan fingerprint density at radius 2 is 1.67 bits per heavy atom. The number of piperidine rings is 1. The first-order valence-electron chi connectivity index (χ1n) is 20.8. The monoisotopic (exact) mass is 958 g/mol. The molecular weight excluding hydrogens is 897 g/mol. The summed E-state index contributed by atoms with van der Waals surface area (Å²) in [4.78, 5) is 56.7. The van der Waals surface area contributed by atoms with Crippen LogP contribution in [0.4, 0.5) is 11.4 Å². The van der Waals surface area contributed by atoms with Gasteiger partial charge in [-0.25, -0.2) is 5.01 Å². The number of nitrogen functional groups attached to an aromatic ring is 1. The minimum Gasteiger partial charge on any atom is -0.475 e. The van der Waals surface area contributed by atoms with Crippen LogP contribution in [-0.2, 0) is 53.6 Å². The Balaban J connectivity index is 0.000000364. The number of nitrogens with zero attached hydrogens (tertiary/aromatic N) is 5. The van der Waals surface area contributed by atoms with E-state index in [9.17, 15) is 24.0 Å². The first-order chi connectivity index (χ1) is 29.9. The SMILES string of the molecule is CN(Cc1cc(C#CCCCNCCCNC=O)ccc1C=O)NC(=O)CCCC=O.CN1CCC(c2ccc(N(C)[N-]N3C=C(Cl)C3)cc2)CC1.NC(=O)c1ccccc1N.[Y]. The maximum atomic E-state index is 11.9. The minimum atomic E-state index is -0.488. The number of amides is 3. The molecule has 1 radical (unpaired) electrons. The molecule has 3 aromatic carbocycles. The zero-order chi connectivity index (χ0) is 45.1. The molecular formula is C46H62ClN10O5Y-. The van der Waals surface area contributed by atoms with Gasteiger partial charge in [-0.3, -0.25) is 24.6 Å². The van der Waals surface area contributed by atoms with Crippen LogP contribution in [0.2, 0.25) is 0 Å². The number of hydrogen-bond acceptors (Lipinski definition) is 11. The summed E-state index contributed by atoms with van der Waals surface area (Å²) in [5, 5.41) is 12.1. The quantitative estimate of drug-likeness (QED) is 0.0314. The molecule has 63 heavy (non-hydrogen) atoms. The molecule has 0 aromatic heterocycles. The van der Waals surface area contributed by atoms with Crippen molar-refractivity contribution < 1.29 is 56.7 Å². The number of carbonyl (C=O) groups excluding carboxylic acids is 5. The Hall–Kier alpha value is -4.66.